The molecule has 2 aromatic rings. The first kappa shape index (κ1) is 23.9. The van der Waals surface area contributed by atoms with Crippen molar-refractivity contribution in [3.05, 3.63) is 68.7 Å². The summed E-state index contributed by atoms with van der Waals surface area (Å²) in [7, 11) is 0. The van der Waals surface area contributed by atoms with E-state index >= 15 is 0 Å². The van der Waals surface area contributed by atoms with E-state index in [1.807, 2.05) is 18.2 Å². The van der Waals surface area contributed by atoms with Crippen LogP contribution < -0.4 is 5.32 Å². The normalized spacial score (nSPS) is 15.4. The number of rotatable bonds is 7. The van der Waals surface area contributed by atoms with Gasteiger partial charge in [0.05, 0.1) is 6.42 Å². The van der Waals surface area contributed by atoms with Crippen LogP contribution in [0.3, 0.4) is 0 Å². The third-order valence-electron chi connectivity index (χ3n) is 5.72. The molecule has 1 saturated carbocycles. The SMILES string of the molecule is C[C@@H](C(=O)NC1CCCCC1)N(Cc1cccc(Cl)c1)C(=O)Cc1ccc(Cl)cc1Cl. The molecule has 2 aromatic carbocycles. The summed E-state index contributed by atoms with van der Waals surface area (Å²) in [6, 6.07) is 11.9. The van der Waals surface area contributed by atoms with Gasteiger partial charge < -0.3 is 10.2 Å². The van der Waals surface area contributed by atoms with E-state index in [9.17, 15) is 9.59 Å². The molecule has 4 nitrogen and oxygen atoms in total. The molecule has 1 N–H and O–H groups in total. The third-order valence-corrected chi connectivity index (χ3v) is 6.54. The zero-order valence-corrected chi connectivity index (χ0v) is 19.8. The summed E-state index contributed by atoms with van der Waals surface area (Å²) in [4.78, 5) is 27.9. The standard InChI is InChI=1S/C24H27Cl3N2O2/c1-16(24(31)28-21-8-3-2-4-9-21)29(15-17-6-5-7-19(25)12-17)23(30)13-18-10-11-20(26)14-22(18)27/h5-7,10-12,14,16,21H,2-4,8-9,13,15H2,1H3,(H,28,31)/t16-/m0/s1. The molecule has 1 aliphatic rings. The largest absolute Gasteiger partial charge is 0.352 e. The van der Waals surface area contributed by atoms with Crippen molar-refractivity contribution in [2.75, 3.05) is 0 Å². The molecule has 3 rings (SSSR count). The minimum absolute atomic E-state index is 0.0810. The van der Waals surface area contributed by atoms with Gasteiger partial charge in [0.15, 0.2) is 0 Å². The summed E-state index contributed by atoms with van der Waals surface area (Å²) >= 11 is 18.4. The van der Waals surface area contributed by atoms with Gasteiger partial charge in [-0.15, -0.1) is 0 Å². The molecule has 166 valence electrons. The van der Waals surface area contributed by atoms with Gasteiger partial charge >= 0.3 is 0 Å². The smallest absolute Gasteiger partial charge is 0.242 e. The Kier molecular flexibility index (Phi) is 8.65. The molecule has 2 amide bonds. The lowest BCUT2D eigenvalue weighted by Crippen LogP contribution is -2.50. The predicted octanol–water partition coefficient (Wildman–Crippen LogP) is 6.06. The fourth-order valence-electron chi connectivity index (χ4n) is 3.91. The fourth-order valence-corrected chi connectivity index (χ4v) is 4.60. The minimum Gasteiger partial charge on any atom is -0.352 e. The zero-order valence-electron chi connectivity index (χ0n) is 17.5. The van der Waals surface area contributed by atoms with Crippen molar-refractivity contribution < 1.29 is 9.59 Å². The average Bonchev–Trinajstić information content (AvgIpc) is 2.74. The highest BCUT2D eigenvalue weighted by atomic mass is 35.5. The number of benzene rings is 2. The molecule has 1 aliphatic carbocycles. The molecule has 0 saturated heterocycles. The van der Waals surface area contributed by atoms with E-state index in [1.165, 1.54) is 6.42 Å². The van der Waals surface area contributed by atoms with Crippen LogP contribution in [0, 0.1) is 0 Å². The van der Waals surface area contributed by atoms with E-state index in [0.29, 0.717) is 20.6 Å². The predicted molar refractivity (Wildman–Crippen MR) is 127 cm³/mol. The second kappa shape index (κ2) is 11.2. The molecule has 31 heavy (non-hydrogen) atoms. The Morgan fingerprint density at radius 3 is 2.42 bits per heavy atom. The average molecular weight is 482 g/mol. The van der Waals surface area contributed by atoms with Crippen LogP contribution in [0.1, 0.15) is 50.2 Å². The van der Waals surface area contributed by atoms with Gasteiger partial charge in [-0.25, -0.2) is 0 Å². The number of carbonyl (C=O) groups is 2. The molecule has 0 spiro atoms. The highest BCUT2D eigenvalue weighted by molar-refractivity contribution is 6.35. The lowest BCUT2D eigenvalue weighted by atomic mass is 9.95. The molecule has 1 atom stereocenters. The number of amides is 2. The van der Waals surface area contributed by atoms with Crippen LogP contribution in [0.5, 0.6) is 0 Å². The van der Waals surface area contributed by atoms with Crippen LogP contribution in [-0.4, -0.2) is 28.8 Å². The second-order valence-electron chi connectivity index (χ2n) is 8.08. The molecule has 0 aromatic heterocycles. The second-order valence-corrected chi connectivity index (χ2v) is 9.36. The van der Waals surface area contributed by atoms with Gasteiger partial charge in [0.2, 0.25) is 11.8 Å². The molecular weight excluding hydrogens is 455 g/mol. The molecule has 0 bridgehead atoms. The maximum Gasteiger partial charge on any atom is 0.242 e. The molecular formula is C24H27Cl3N2O2. The summed E-state index contributed by atoms with van der Waals surface area (Å²) < 4.78 is 0. The van der Waals surface area contributed by atoms with E-state index in [0.717, 1.165) is 31.2 Å². The van der Waals surface area contributed by atoms with Crippen molar-refractivity contribution in [2.24, 2.45) is 0 Å². The van der Waals surface area contributed by atoms with Crippen molar-refractivity contribution in [1.29, 1.82) is 0 Å². The lowest BCUT2D eigenvalue weighted by molar-refractivity contribution is -0.140. The molecule has 0 heterocycles. The van der Waals surface area contributed by atoms with E-state index in [1.54, 1.807) is 36.1 Å². The number of carbonyl (C=O) groups excluding carboxylic acids is 2. The number of halogens is 3. The molecule has 0 unspecified atom stereocenters. The summed E-state index contributed by atoms with van der Waals surface area (Å²) in [6.07, 6.45) is 5.52. The lowest BCUT2D eigenvalue weighted by Gasteiger charge is -2.31. The fraction of sp³-hybridized carbons (Fsp3) is 0.417. The summed E-state index contributed by atoms with van der Waals surface area (Å²) in [5, 5.41) is 4.66. The number of hydrogen-bond acceptors (Lipinski definition) is 2. The van der Waals surface area contributed by atoms with E-state index in [-0.39, 0.29) is 30.8 Å². The molecule has 0 radical (unpaired) electrons. The summed E-state index contributed by atoms with van der Waals surface area (Å²) in [5.74, 6) is -0.319. The quantitative estimate of drug-likeness (QED) is 0.523. The van der Waals surface area contributed by atoms with Crippen molar-refractivity contribution >= 4 is 46.6 Å². The first-order valence-electron chi connectivity index (χ1n) is 10.6. The number of nitrogens with zero attached hydrogens (tertiary/aromatic N) is 1. The zero-order chi connectivity index (χ0) is 22.4. The Bertz CT molecular complexity index is 929. The van der Waals surface area contributed by atoms with Crippen LogP contribution in [-0.2, 0) is 22.6 Å². The van der Waals surface area contributed by atoms with Gasteiger partial charge in [-0.1, -0.05) is 72.3 Å². The van der Waals surface area contributed by atoms with Crippen molar-refractivity contribution in [3.8, 4) is 0 Å². The van der Waals surface area contributed by atoms with Crippen LogP contribution >= 0.6 is 34.8 Å². The first-order valence-corrected chi connectivity index (χ1v) is 11.7. The van der Waals surface area contributed by atoms with Gasteiger partial charge in [-0.05, 0) is 55.2 Å². The van der Waals surface area contributed by atoms with Gasteiger partial charge in [-0.2, -0.15) is 0 Å². The number of nitrogens with one attached hydrogen (secondary N) is 1. The maximum absolute atomic E-state index is 13.3. The monoisotopic (exact) mass is 480 g/mol. The van der Waals surface area contributed by atoms with Crippen LogP contribution in [0.15, 0.2) is 42.5 Å². The number of hydrogen-bond donors (Lipinski definition) is 1. The third kappa shape index (κ3) is 6.86. The molecule has 7 heteroatoms. The van der Waals surface area contributed by atoms with Crippen LogP contribution in [0.4, 0.5) is 0 Å². The van der Waals surface area contributed by atoms with Crippen LogP contribution in [0.2, 0.25) is 15.1 Å². The Morgan fingerprint density at radius 2 is 1.74 bits per heavy atom. The van der Waals surface area contributed by atoms with Crippen molar-refractivity contribution in [2.45, 2.75) is 64.1 Å². The first-order chi connectivity index (χ1) is 14.8. The highest BCUT2D eigenvalue weighted by Gasteiger charge is 2.28. The Labute approximate surface area is 198 Å². The highest BCUT2D eigenvalue weighted by Crippen LogP contribution is 2.23. The van der Waals surface area contributed by atoms with Gasteiger partial charge in [0.1, 0.15) is 6.04 Å². The van der Waals surface area contributed by atoms with Gasteiger partial charge in [0, 0.05) is 27.7 Å². The maximum atomic E-state index is 13.3. The van der Waals surface area contributed by atoms with Crippen molar-refractivity contribution in [3.63, 3.8) is 0 Å². The van der Waals surface area contributed by atoms with Crippen molar-refractivity contribution in [1.82, 2.24) is 10.2 Å². The van der Waals surface area contributed by atoms with E-state index < -0.39 is 6.04 Å². The van der Waals surface area contributed by atoms with E-state index in [4.69, 9.17) is 34.8 Å². The summed E-state index contributed by atoms with van der Waals surface area (Å²) in [6.45, 7) is 2.05. The van der Waals surface area contributed by atoms with E-state index in [2.05, 4.69) is 5.32 Å². The van der Waals surface area contributed by atoms with Gasteiger partial charge in [0.25, 0.3) is 0 Å². The molecule has 1 fully saturated rings. The Balaban J connectivity index is 1.78. The molecule has 0 aliphatic heterocycles. The van der Waals surface area contributed by atoms with Gasteiger partial charge in [-0.3, -0.25) is 9.59 Å². The Morgan fingerprint density at radius 1 is 1.03 bits per heavy atom. The summed E-state index contributed by atoms with van der Waals surface area (Å²) in [5.41, 5.74) is 1.53. The Hall–Kier alpha value is -1.75. The van der Waals surface area contributed by atoms with Crippen LogP contribution in [0.25, 0.3) is 0 Å². The minimum atomic E-state index is -0.625. The topological polar surface area (TPSA) is 49.4 Å².